The van der Waals surface area contributed by atoms with Crippen LogP contribution in [0.15, 0.2) is 11.6 Å². The molecule has 0 radical (unpaired) electrons. The first kappa shape index (κ1) is 12.9. The number of piperidine rings is 1. The Bertz CT molecular complexity index is 679. The first-order chi connectivity index (χ1) is 9.59. The molecule has 0 bridgehead atoms. The molecular formula is C11H12N4O4S. The van der Waals surface area contributed by atoms with Crippen molar-refractivity contribution in [3.05, 3.63) is 21.7 Å². The standard InChI is InChI=1S/C11H12N4O4S/c16-10(17)7-3-1-2-4-13(7)8-9(15(18)19)14-5-6-20-11(14)12-8/h5-7H,1-4H2,(H,16,17). The Morgan fingerprint density at radius 2 is 2.35 bits per heavy atom. The number of aliphatic carboxylic acids is 1. The lowest BCUT2D eigenvalue weighted by Gasteiger charge is -2.32. The predicted molar refractivity (Wildman–Crippen MR) is 72.3 cm³/mol. The van der Waals surface area contributed by atoms with Crippen molar-refractivity contribution in [2.45, 2.75) is 25.3 Å². The van der Waals surface area contributed by atoms with Crippen LogP contribution in [-0.4, -0.2) is 38.0 Å². The van der Waals surface area contributed by atoms with E-state index >= 15 is 0 Å². The molecule has 0 spiro atoms. The van der Waals surface area contributed by atoms with Crippen LogP contribution in [0.4, 0.5) is 11.6 Å². The molecule has 106 valence electrons. The molecule has 0 aliphatic carbocycles. The predicted octanol–water partition coefficient (Wildman–Crippen LogP) is 1.75. The second-order valence-electron chi connectivity index (χ2n) is 4.61. The highest BCUT2D eigenvalue weighted by molar-refractivity contribution is 7.15. The van der Waals surface area contributed by atoms with Crippen LogP contribution in [-0.2, 0) is 4.79 Å². The van der Waals surface area contributed by atoms with Gasteiger partial charge in [-0.25, -0.2) is 4.79 Å². The van der Waals surface area contributed by atoms with Crippen LogP contribution < -0.4 is 4.90 Å². The van der Waals surface area contributed by atoms with Crippen molar-refractivity contribution in [1.29, 1.82) is 0 Å². The normalized spacial score (nSPS) is 19.4. The van der Waals surface area contributed by atoms with Gasteiger partial charge in [0.05, 0.1) is 0 Å². The third-order valence-corrected chi connectivity index (χ3v) is 4.21. The van der Waals surface area contributed by atoms with Crippen LogP contribution >= 0.6 is 11.3 Å². The fourth-order valence-corrected chi connectivity index (χ4v) is 3.27. The third-order valence-electron chi connectivity index (χ3n) is 3.45. The van der Waals surface area contributed by atoms with E-state index in [1.54, 1.807) is 16.5 Å². The molecule has 0 amide bonds. The second kappa shape index (κ2) is 4.75. The average molecular weight is 296 g/mol. The van der Waals surface area contributed by atoms with Crippen molar-refractivity contribution >= 4 is 33.9 Å². The topological polar surface area (TPSA) is 101 Å². The van der Waals surface area contributed by atoms with Crippen LogP contribution in [0, 0.1) is 10.1 Å². The Hall–Kier alpha value is -2.16. The van der Waals surface area contributed by atoms with Gasteiger partial charge in [-0.1, -0.05) is 11.3 Å². The van der Waals surface area contributed by atoms with Crippen molar-refractivity contribution in [2.24, 2.45) is 0 Å². The number of nitrogens with zero attached hydrogens (tertiary/aromatic N) is 4. The van der Waals surface area contributed by atoms with Crippen molar-refractivity contribution < 1.29 is 14.8 Å². The summed E-state index contributed by atoms with van der Waals surface area (Å²) < 4.78 is 1.40. The van der Waals surface area contributed by atoms with Crippen LogP contribution in [0.25, 0.3) is 4.96 Å². The summed E-state index contributed by atoms with van der Waals surface area (Å²) in [5, 5.41) is 22.3. The first-order valence-electron chi connectivity index (χ1n) is 6.19. The maximum Gasteiger partial charge on any atom is 0.373 e. The van der Waals surface area contributed by atoms with E-state index in [1.165, 1.54) is 15.7 Å². The van der Waals surface area contributed by atoms with E-state index in [-0.39, 0.29) is 11.6 Å². The quantitative estimate of drug-likeness (QED) is 0.684. The van der Waals surface area contributed by atoms with Crippen LogP contribution in [0.3, 0.4) is 0 Å². The number of carboxylic acids is 1. The van der Waals surface area contributed by atoms with Crippen molar-refractivity contribution in [3.63, 3.8) is 0 Å². The van der Waals surface area contributed by atoms with E-state index in [1.807, 2.05) is 0 Å². The molecule has 9 heteroatoms. The Balaban J connectivity index is 2.12. The van der Waals surface area contributed by atoms with Gasteiger partial charge in [-0.15, -0.1) is 0 Å². The molecule has 1 unspecified atom stereocenters. The SMILES string of the molecule is O=C(O)C1CCCCN1c1nc2sccn2c1[N+](=O)[O-]. The molecular weight excluding hydrogens is 284 g/mol. The summed E-state index contributed by atoms with van der Waals surface area (Å²) in [6.07, 6.45) is 3.68. The number of imidazole rings is 1. The van der Waals surface area contributed by atoms with Gasteiger partial charge in [0.2, 0.25) is 5.82 Å². The molecule has 2 aromatic heterocycles. The van der Waals surface area contributed by atoms with Gasteiger partial charge < -0.3 is 20.1 Å². The highest BCUT2D eigenvalue weighted by atomic mass is 32.1. The fourth-order valence-electron chi connectivity index (χ4n) is 2.57. The van der Waals surface area contributed by atoms with Gasteiger partial charge in [-0.05, 0) is 24.2 Å². The van der Waals surface area contributed by atoms with E-state index in [0.717, 1.165) is 12.8 Å². The fraction of sp³-hybridized carbons (Fsp3) is 0.455. The van der Waals surface area contributed by atoms with Gasteiger partial charge in [0, 0.05) is 11.9 Å². The Labute approximate surface area is 117 Å². The van der Waals surface area contributed by atoms with Gasteiger partial charge >= 0.3 is 11.8 Å². The molecule has 3 heterocycles. The van der Waals surface area contributed by atoms with E-state index in [9.17, 15) is 20.0 Å². The Morgan fingerprint density at radius 3 is 3.05 bits per heavy atom. The number of hydrogen-bond donors (Lipinski definition) is 1. The van der Waals surface area contributed by atoms with Crippen molar-refractivity contribution in [2.75, 3.05) is 11.4 Å². The molecule has 0 saturated carbocycles. The molecule has 1 aliphatic heterocycles. The summed E-state index contributed by atoms with van der Waals surface area (Å²) in [4.78, 5) is 28.4. The van der Waals surface area contributed by atoms with Crippen molar-refractivity contribution in [1.82, 2.24) is 9.38 Å². The van der Waals surface area contributed by atoms with Crippen LogP contribution in [0.5, 0.6) is 0 Å². The third kappa shape index (κ3) is 1.90. The summed E-state index contributed by atoms with van der Waals surface area (Å²) in [6, 6.07) is -0.743. The molecule has 1 atom stereocenters. The molecule has 3 rings (SSSR count). The molecule has 2 aromatic rings. The minimum absolute atomic E-state index is 0.158. The number of fused-ring (bicyclic) bond motifs is 1. The largest absolute Gasteiger partial charge is 0.480 e. The average Bonchev–Trinajstić information content (AvgIpc) is 2.97. The summed E-state index contributed by atoms with van der Waals surface area (Å²) in [5.74, 6) is -0.960. The Kier molecular flexibility index (Phi) is 3.05. The summed E-state index contributed by atoms with van der Waals surface area (Å²) in [5.41, 5.74) is 0. The van der Waals surface area contributed by atoms with Crippen LogP contribution in [0.1, 0.15) is 19.3 Å². The molecule has 20 heavy (non-hydrogen) atoms. The lowest BCUT2D eigenvalue weighted by Crippen LogP contribution is -2.45. The summed E-state index contributed by atoms with van der Waals surface area (Å²) >= 11 is 1.29. The molecule has 8 nitrogen and oxygen atoms in total. The zero-order valence-corrected chi connectivity index (χ0v) is 11.2. The smallest absolute Gasteiger partial charge is 0.373 e. The summed E-state index contributed by atoms with van der Waals surface area (Å²) in [6.45, 7) is 0.475. The highest BCUT2D eigenvalue weighted by Crippen LogP contribution is 2.34. The monoisotopic (exact) mass is 296 g/mol. The molecule has 1 fully saturated rings. The van der Waals surface area contributed by atoms with E-state index < -0.39 is 16.9 Å². The lowest BCUT2D eigenvalue weighted by atomic mass is 10.0. The number of nitro groups is 1. The highest BCUT2D eigenvalue weighted by Gasteiger charge is 2.36. The zero-order valence-electron chi connectivity index (χ0n) is 10.4. The minimum atomic E-state index is -0.963. The lowest BCUT2D eigenvalue weighted by molar-refractivity contribution is -0.389. The van der Waals surface area contributed by atoms with Gasteiger partial charge in [-0.2, -0.15) is 9.38 Å². The molecule has 1 aliphatic rings. The first-order valence-corrected chi connectivity index (χ1v) is 7.07. The van der Waals surface area contributed by atoms with Gasteiger partial charge in [0.1, 0.15) is 12.2 Å². The molecule has 1 saturated heterocycles. The number of rotatable bonds is 3. The maximum absolute atomic E-state index is 11.3. The number of thiazole rings is 1. The minimum Gasteiger partial charge on any atom is -0.480 e. The van der Waals surface area contributed by atoms with E-state index in [4.69, 9.17) is 0 Å². The summed E-state index contributed by atoms with van der Waals surface area (Å²) in [7, 11) is 0. The number of aromatic nitrogens is 2. The van der Waals surface area contributed by atoms with E-state index in [2.05, 4.69) is 4.98 Å². The number of carboxylic acid groups (broad SMARTS) is 1. The number of carbonyl (C=O) groups is 1. The van der Waals surface area contributed by atoms with Gasteiger partial charge in [0.25, 0.3) is 4.96 Å². The van der Waals surface area contributed by atoms with Crippen molar-refractivity contribution in [3.8, 4) is 0 Å². The van der Waals surface area contributed by atoms with Crippen LogP contribution in [0.2, 0.25) is 0 Å². The molecule has 1 N–H and O–H groups in total. The van der Waals surface area contributed by atoms with E-state index in [0.29, 0.717) is 17.9 Å². The van der Waals surface area contributed by atoms with Gasteiger partial charge in [-0.3, -0.25) is 0 Å². The number of anilines is 1. The maximum atomic E-state index is 11.3. The molecule has 0 aromatic carbocycles. The zero-order chi connectivity index (χ0) is 14.3. The van der Waals surface area contributed by atoms with Gasteiger partial charge in [0.15, 0.2) is 0 Å². The number of hydrogen-bond acceptors (Lipinski definition) is 6. The second-order valence-corrected chi connectivity index (χ2v) is 5.49. The Morgan fingerprint density at radius 1 is 1.55 bits per heavy atom.